The van der Waals surface area contributed by atoms with Crippen LogP contribution in [0.25, 0.3) is 54.3 Å². The van der Waals surface area contributed by atoms with Crippen LogP contribution in [0.3, 0.4) is 0 Å². The SMILES string of the molecule is Cc1cc(-c2cccc3c(-c4cccc5c4oc4ccccc45)scc23)cc(N(c2ccc3c(c2)C(C)(C)CCC3(C)C)c2ccc3c(c2)C(C)(C)CCC3(C)C)c1. The van der Waals surface area contributed by atoms with Crippen LogP contribution in [0.5, 0.6) is 0 Å². The lowest BCUT2D eigenvalue weighted by Gasteiger charge is -2.43. The molecule has 0 radical (unpaired) electrons. The van der Waals surface area contributed by atoms with E-state index >= 15 is 0 Å². The Balaban J connectivity index is 1.15. The lowest BCUT2D eigenvalue weighted by molar-refractivity contribution is 0.332. The first-order valence-corrected chi connectivity index (χ1v) is 22.1. The quantitative estimate of drug-likeness (QED) is 0.173. The van der Waals surface area contributed by atoms with Gasteiger partial charge in [0.1, 0.15) is 11.2 Å². The molecule has 292 valence electrons. The molecule has 0 amide bonds. The van der Waals surface area contributed by atoms with E-state index in [1.165, 1.54) is 97.3 Å². The topological polar surface area (TPSA) is 16.4 Å². The van der Waals surface area contributed by atoms with E-state index in [1.54, 1.807) is 0 Å². The monoisotopic (exact) mass is 777 g/mol. The van der Waals surface area contributed by atoms with Crippen molar-refractivity contribution in [3.63, 3.8) is 0 Å². The molecule has 10 rings (SSSR count). The van der Waals surface area contributed by atoms with Crippen molar-refractivity contribution in [3.8, 4) is 21.6 Å². The summed E-state index contributed by atoms with van der Waals surface area (Å²) in [7, 11) is 0. The van der Waals surface area contributed by atoms with Crippen molar-refractivity contribution in [2.45, 2.75) is 110 Å². The minimum absolute atomic E-state index is 0.102. The van der Waals surface area contributed by atoms with Crippen molar-refractivity contribution >= 4 is 61.1 Å². The maximum Gasteiger partial charge on any atom is 0.144 e. The summed E-state index contributed by atoms with van der Waals surface area (Å²) >= 11 is 1.81. The summed E-state index contributed by atoms with van der Waals surface area (Å²) < 4.78 is 6.53. The highest BCUT2D eigenvalue weighted by atomic mass is 32.1. The van der Waals surface area contributed by atoms with Crippen LogP contribution in [-0.4, -0.2) is 0 Å². The third kappa shape index (κ3) is 5.87. The fourth-order valence-corrected chi connectivity index (χ4v) is 11.5. The Morgan fingerprint density at radius 2 is 1.03 bits per heavy atom. The molecule has 0 aliphatic heterocycles. The van der Waals surface area contributed by atoms with Crippen LogP contribution in [-0.2, 0) is 21.7 Å². The van der Waals surface area contributed by atoms with Gasteiger partial charge in [0, 0.05) is 49.0 Å². The van der Waals surface area contributed by atoms with Gasteiger partial charge in [0.05, 0.1) is 0 Å². The number of para-hydroxylation sites is 2. The largest absolute Gasteiger partial charge is 0.455 e. The Hall–Kier alpha value is -5.12. The van der Waals surface area contributed by atoms with Gasteiger partial charge in [0.15, 0.2) is 0 Å². The third-order valence-electron chi connectivity index (χ3n) is 14.1. The van der Waals surface area contributed by atoms with Gasteiger partial charge in [-0.3, -0.25) is 0 Å². The highest BCUT2D eigenvalue weighted by molar-refractivity contribution is 7.15. The lowest BCUT2D eigenvalue weighted by atomic mass is 9.63. The summed E-state index contributed by atoms with van der Waals surface area (Å²) in [5, 5.41) is 7.21. The predicted molar refractivity (Wildman–Crippen MR) is 250 cm³/mol. The van der Waals surface area contributed by atoms with E-state index in [4.69, 9.17) is 4.42 Å². The molecule has 8 aromatic rings. The second-order valence-electron chi connectivity index (χ2n) is 20.0. The first kappa shape index (κ1) is 37.2. The van der Waals surface area contributed by atoms with Gasteiger partial charge in [-0.15, -0.1) is 11.3 Å². The average Bonchev–Trinajstić information content (AvgIpc) is 3.81. The number of hydrogen-bond acceptors (Lipinski definition) is 3. The Kier molecular flexibility index (Phi) is 8.29. The molecule has 0 fully saturated rings. The zero-order chi connectivity index (χ0) is 40.4. The first-order valence-electron chi connectivity index (χ1n) is 21.2. The van der Waals surface area contributed by atoms with Crippen LogP contribution in [0.4, 0.5) is 17.1 Å². The number of furan rings is 1. The second kappa shape index (κ2) is 12.9. The normalized spacial score (nSPS) is 17.7. The van der Waals surface area contributed by atoms with Crippen molar-refractivity contribution in [1.82, 2.24) is 0 Å². The lowest BCUT2D eigenvalue weighted by Crippen LogP contribution is -2.34. The Morgan fingerprint density at radius 1 is 0.483 bits per heavy atom. The Labute approximate surface area is 348 Å². The fraction of sp³-hybridized carbons (Fsp3) is 0.309. The molecule has 0 spiro atoms. The van der Waals surface area contributed by atoms with E-state index in [0.29, 0.717) is 0 Å². The highest BCUT2D eigenvalue weighted by Gasteiger charge is 2.39. The van der Waals surface area contributed by atoms with Crippen LogP contribution in [0, 0.1) is 6.92 Å². The van der Waals surface area contributed by atoms with E-state index < -0.39 is 0 Å². The van der Waals surface area contributed by atoms with Crippen LogP contribution in [0.15, 0.2) is 125 Å². The molecular weight excluding hydrogens is 723 g/mol. The number of benzene rings is 6. The van der Waals surface area contributed by atoms with Crippen LogP contribution >= 0.6 is 11.3 Å². The van der Waals surface area contributed by atoms with Gasteiger partial charge in [-0.2, -0.15) is 0 Å². The molecule has 2 heterocycles. The van der Waals surface area contributed by atoms with Gasteiger partial charge in [-0.1, -0.05) is 122 Å². The summed E-state index contributed by atoms with van der Waals surface area (Å²) in [5.74, 6) is 0. The standard InChI is InChI=1S/C55H55NOS/c1-34-28-35(39-15-12-17-42-44(39)33-58-51(42)43-18-13-16-41-40-14-10-11-19-49(40)57-50(41)43)30-38(29-34)56(36-20-22-45-47(31-36)54(6,7)26-24-52(45,2)3)37-21-23-46-48(32-37)55(8,9)27-25-53(46,4)5/h10-23,28-33H,24-27H2,1-9H3. The van der Waals surface area contributed by atoms with Crippen LogP contribution < -0.4 is 4.90 Å². The molecule has 3 heteroatoms. The molecule has 0 saturated heterocycles. The number of fused-ring (bicyclic) bond motifs is 6. The molecule has 2 nitrogen and oxygen atoms in total. The summed E-state index contributed by atoms with van der Waals surface area (Å²) in [6.45, 7) is 21.7. The second-order valence-corrected chi connectivity index (χ2v) is 20.9. The Bertz CT molecular complexity index is 2850. The maximum atomic E-state index is 6.53. The van der Waals surface area contributed by atoms with Crippen molar-refractivity contribution in [1.29, 1.82) is 0 Å². The van der Waals surface area contributed by atoms with Gasteiger partial charge in [-0.25, -0.2) is 0 Å². The van der Waals surface area contributed by atoms with Crippen molar-refractivity contribution in [2.75, 3.05) is 4.90 Å². The molecular formula is C55H55NOS. The molecule has 2 aromatic heterocycles. The first-order chi connectivity index (χ1) is 27.6. The number of nitrogens with zero attached hydrogens (tertiary/aromatic N) is 1. The summed E-state index contributed by atoms with van der Waals surface area (Å²) in [6, 6.07) is 43.6. The third-order valence-corrected chi connectivity index (χ3v) is 15.1. The maximum absolute atomic E-state index is 6.53. The van der Waals surface area contributed by atoms with E-state index in [1.807, 2.05) is 11.3 Å². The molecule has 0 unspecified atom stereocenters. The summed E-state index contributed by atoms with van der Waals surface area (Å²) in [6.07, 6.45) is 4.78. The van der Waals surface area contributed by atoms with E-state index in [9.17, 15) is 0 Å². The zero-order valence-corrected chi connectivity index (χ0v) is 36.5. The number of thiophene rings is 1. The summed E-state index contributed by atoms with van der Waals surface area (Å²) in [4.78, 5) is 3.80. The van der Waals surface area contributed by atoms with Crippen LogP contribution in [0.2, 0.25) is 0 Å². The van der Waals surface area contributed by atoms with Crippen LogP contribution in [0.1, 0.15) is 109 Å². The minimum atomic E-state index is 0.102. The number of anilines is 3. The molecule has 0 atom stereocenters. The molecule has 6 aromatic carbocycles. The average molecular weight is 778 g/mol. The van der Waals surface area contributed by atoms with Gasteiger partial charge in [0.2, 0.25) is 0 Å². The van der Waals surface area contributed by atoms with Gasteiger partial charge >= 0.3 is 0 Å². The molecule has 0 bridgehead atoms. The molecule has 58 heavy (non-hydrogen) atoms. The minimum Gasteiger partial charge on any atom is -0.455 e. The molecule has 2 aliphatic rings. The number of hydrogen-bond donors (Lipinski definition) is 0. The smallest absolute Gasteiger partial charge is 0.144 e. The van der Waals surface area contributed by atoms with Gasteiger partial charge in [0.25, 0.3) is 0 Å². The van der Waals surface area contributed by atoms with Gasteiger partial charge < -0.3 is 9.32 Å². The van der Waals surface area contributed by atoms with Crippen molar-refractivity contribution < 1.29 is 4.42 Å². The molecule has 0 saturated carbocycles. The van der Waals surface area contributed by atoms with Crippen molar-refractivity contribution in [3.05, 3.63) is 148 Å². The zero-order valence-electron chi connectivity index (χ0n) is 35.6. The van der Waals surface area contributed by atoms with E-state index in [-0.39, 0.29) is 21.7 Å². The summed E-state index contributed by atoms with van der Waals surface area (Å²) in [5.41, 5.74) is 16.9. The van der Waals surface area contributed by atoms with E-state index in [2.05, 4.69) is 188 Å². The number of rotatable bonds is 5. The highest BCUT2D eigenvalue weighted by Crippen LogP contribution is 2.52. The fourth-order valence-electron chi connectivity index (χ4n) is 10.4. The van der Waals surface area contributed by atoms with Gasteiger partial charge in [-0.05, 0) is 147 Å². The molecule has 2 aliphatic carbocycles. The van der Waals surface area contributed by atoms with E-state index in [0.717, 1.165) is 27.5 Å². The predicted octanol–water partition coefficient (Wildman–Crippen LogP) is 16.6. The van der Waals surface area contributed by atoms with Crippen molar-refractivity contribution in [2.24, 2.45) is 0 Å². The molecule has 0 N–H and O–H groups in total. The Morgan fingerprint density at radius 3 is 1.67 bits per heavy atom. The number of aryl methyl sites for hydroxylation is 1.